The van der Waals surface area contributed by atoms with Crippen molar-refractivity contribution in [2.24, 2.45) is 5.92 Å². The van der Waals surface area contributed by atoms with Gasteiger partial charge in [-0.1, -0.05) is 89.8 Å². The topological polar surface area (TPSA) is 14.1 Å². The van der Waals surface area contributed by atoms with Crippen molar-refractivity contribution in [1.29, 1.82) is 0 Å². The van der Waals surface area contributed by atoms with Gasteiger partial charge in [0.25, 0.3) is 0 Å². The zero-order valence-corrected chi connectivity index (χ0v) is 14.5. The summed E-state index contributed by atoms with van der Waals surface area (Å²) in [6.07, 6.45) is 16.2. The van der Waals surface area contributed by atoms with E-state index in [9.17, 15) is 0 Å². The third-order valence-electron chi connectivity index (χ3n) is 4.74. The van der Waals surface area contributed by atoms with E-state index in [1.807, 2.05) is 0 Å². The molecule has 0 N–H and O–H groups in total. The van der Waals surface area contributed by atoms with Gasteiger partial charge in [0.2, 0.25) is 0 Å². The maximum atomic E-state index is 4.77. The fraction of sp³-hybridized carbons (Fsp3) is 0.619. The fourth-order valence-electron chi connectivity index (χ4n) is 3.20. The van der Waals surface area contributed by atoms with Crippen molar-refractivity contribution in [2.75, 3.05) is 0 Å². The average Bonchev–Trinajstić information content (AvgIpc) is 2.97. The van der Waals surface area contributed by atoms with Gasteiger partial charge in [-0.3, -0.25) is 5.32 Å². The molecule has 1 atom stereocenters. The lowest BCUT2D eigenvalue weighted by atomic mass is 9.98. The number of para-hydroxylation sites is 1. The number of benzene rings is 1. The lowest BCUT2D eigenvalue weighted by Gasteiger charge is -2.12. The molecule has 0 saturated heterocycles. The van der Waals surface area contributed by atoms with Crippen molar-refractivity contribution in [2.45, 2.75) is 78.1 Å². The minimum Gasteiger partial charge on any atom is -0.253 e. The molecule has 2 rings (SSSR count). The molecule has 0 bridgehead atoms. The first kappa shape index (κ1) is 17.1. The van der Waals surface area contributed by atoms with Gasteiger partial charge >= 0.3 is 0 Å². The summed E-state index contributed by atoms with van der Waals surface area (Å²) in [5.74, 6) is 0.594. The van der Waals surface area contributed by atoms with Crippen molar-refractivity contribution in [1.82, 2.24) is 5.32 Å². The Morgan fingerprint density at radius 1 is 0.864 bits per heavy atom. The van der Waals surface area contributed by atoms with Crippen LogP contribution in [-0.4, -0.2) is 0 Å². The van der Waals surface area contributed by atoms with Crippen molar-refractivity contribution in [3.63, 3.8) is 0 Å². The molecule has 0 fully saturated rings. The monoisotopic (exact) mass is 298 g/mol. The van der Waals surface area contributed by atoms with E-state index in [1.54, 1.807) is 0 Å². The highest BCUT2D eigenvalue weighted by Crippen LogP contribution is 2.32. The molecule has 1 aliphatic heterocycles. The van der Waals surface area contributed by atoms with E-state index in [0.717, 1.165) is 5.69 Å². The lowest BCUT2D eigenvalue weighted by molar-refractivity contribution is 0.512. The molecule has 1 heterocycles. The standard InChI is InChI=1S/C21H32N/c1-3-4-5-6-7-8-9-10-11-14-18(2)21-17-19-15-12-13-16-20(19)22-21/h12-13,15-18H,3-11,14H2,1-2H3. The Bertz CT molecular complexity index is 461. The Hall–Kier alpha value is -1.24. The van der Waals surface area contributed by atoms with Crippen LogP contribution in [0.4, 0.5) is 5.69 Å². The van der Waals surface area contributed by atoms with E-state index >= 15 is 0 Å². The zero-order chi connectivity index (χ0) is 15.6. The van der Waals surface area contributed by atoms with Crippen molar-refractivity contribution in [3.05, 3.63) is 35.5 Å². The Morgan fingerprint density at radius 2 is 1.50 bits per heavy atom. The second-order valence-electron chi connectivity index (χ2n) is 6.76. The van der Waals surface area contributed by atoms with Gasteiger partial charge in [-0.05, 0) is 24.5 Å². The van der Waals surface area contributed by atoms with Gasteiger partial charge in [-0.15, -0.1) is 0 Å². The van der Waals surface area contributed by atoms with Crippen LogP contribution < -0.4 is 5.32 Å². The van der Waals surface area contributed by atoms with Gasteiger partial charge in [0.15, 0.2) is 0 Å². The average molecular weight is 298 g/mol. The number of rotatable bonds is 11. The van der Waals surface area contributed by atoms with Crippen LogP contribution in [0.5, 0.6) is 0 Å². The van der Waals surface area contributed by atoms with Crippen LogP contribution in [0.1, 0.15) is 83.6 Å². The Morgan fingerprint density at radius 3 is 2.18 bits per heavy atom. The first-order valence-corrected chi connectivity index (χ1v) is 9.33. The molecule has 22 heavy (non-hydrogen) atoms. The van der Waals surface area contributed by atoms with Crippen LogP contribution in [0.3, 0.4) is 0 Å². The third-order valence-corrected chi connectivity index (χ3v) is 4.74. The lowest BCUT2D eigenvalue weighted by Crippen LogP contribution is -2.04. The Labute approximate surface area is 137 Å². The van der Waals surface area contributed by atoms with Crippen LogP contribution in [-0.2, 0) is 0 Å². The van der Waals surface area contributed by atoms with Gasteiger partial charge in [-0.2, -0.15) is 0 Å². The first-order valence-electron chi connectivity index (χ1n) is 9.33. The summed E-state index contributed by atoms with van der Waals surface area (Å²) in [5.41, 5.74) is 3.72. The molecule has 0 aliphatic carbocycles. The van der Waals surface area contributed by atoms with Gasteiger partial charge in [-0.25, -0.2) is 0 Å². The van der Waals surface area contributed by atoms with Gasteiger partial charge in [0.1, 0.15) is 0 Å². The minimum atomic E-state index is 0.594. The highest BCUT2D eigenvalue weighted by Gasteiger charge is 2.17. The van der Waals surface area contributed by atoms with Crippen LogP contribution >= 0.6 is 0 Å². The second kappa shape index (κ2) is 9.71. The number of allylic oxidation sites excluding steroid dienone is 1. The molecular formula is C21H32N. The number of nitrogens with zero attached hydrogens (tertiary/aromatic N) is 1. The number of hydrogen-bond acceptors (Lipinski definition) is 0. The van der Waals surface area contributed by atoms with Crippen molar-refractivity contribution in [3.8, 4) is 0 Å². The summed E-state index contributed by atoms with van der Waals surface area (Å²) in [6, 6.07) is 8.45. The molecule has 1 nitrogen and oxygen atoms in total. The summed E-state index contributed by atoms with van der Waals surface area (Å²) < 4.78 is 0. The predicted molar refractivity (Wildman–Crippen MR) is 97.2 cm³/mol. The number of fused-ring (bicyclic) bond motifs is 1. The molecule has 0 saturated carbocycles. The Balaban J connectivity index is 1.53. The summed E-state index contributed by atoms with van der Waals surface area (Å²) in [5, 5.41) is 4.77. The summed E-state index contributed by atoms with van der Waals surface area (Å²) in [7, 11) is 0. The molecule has 1 radical (unpaired) electrons. The largest absolute Gasteiger partial charge is 0.253 e. The molecule has 1 aromatic rings. The van der Waals surface area contributed by atoms with E-state index in [0.29, 0.717) is 5.92 Å². The summed E-state index contributed by atoms with van der Waals surface area (Å²) in [6.45, 7) is 4.61. The summed E-state index contributed by atoms with van der Waals surface area (Å²) in [4.78, 5) is 0. The second-order valence-corrected chi connectivity index (χ2v) is 6.76. The molecule has 0 aromatic heterocycles. The maximum absolute atomic E-state index is 4.77. The molecular weight excluding hydrogens is 266 g/mol. The highest BCUT2D eigenvalue weighted by molar-refractivity contribution is 5.71. The normalized spacial score (nSPS) is 14.4. The van der Waals surface area contributed by atoms with Crippen LogP contribution in [0.2, 0.25) is 0 Å². The number of unbranched alkanes of at least 4 members (excludes halogenated alkanes) is 8. The van der Waals surface area contributed by atoms with E-state index in [1.165, 1.54) is 75.5 Å². The molecule has 1 aliphatic rings. The molecule has 1 heteroatoms. The Kier molecular flexibility index (Phi) is 7.56. The summed E-state index contributed by atoms with van der Waals surface area (Å²) >= 11 is 0. The quantitative estimate of drug-likeness (QED) is 0.397. The van der Waals surface area contributed by atoms with Gasteiger partial charge in [0.05, 0.1) is 5.69 Å². The van der Waals surface area contributed by atoms with Crippen molar-refractivity contribution >= 4 is 11.8 Å². The minimum absolute atomic E-state index is 0.594. The predicted octanol–water partition coefficient (Wildman–Crippen LogP) is 6.83. The molecule has 121 valence electrons. The smallest absolute Gasteiger partial charge is 0.0706 e. The maximum Gasteiger partial charge on any atom is 0.0706 e. The van der Waals surface area contributed by atoms with Crippen LogP contribution in [0.25, 0.3) is 6.08 Å². The van der Waals surface area contributed by atoms with Gasteiger partial charge < -0.3 is 0 Å². The van der Waals surface area contributed by atoms with E-state index in [-0.39, 0.29) is 0 Å². The first-order chi connectivity index (χ1) is 10.8. The number of hydrogen-bond donors (Lipinski definition) is 0. The van der Waals surface area contributed by atoms with E-state index in [2.05, 4.69) is 44.2 Å². The third kappa shape index (κ3) is 5.51. The molecule has 1 unspecified atom stereocenters. The fourth-order valence-corrected chi connectivity index (χ4v) is 3.20. The molecule has 1 aromatic carbocycles. The highest BCUT2D eigenvalue weighted by atomic mass is 14.9. The molecule has 0 spiro atoms. The van der Waals surface area contributed by atoms with Crippen LogP contribution in [0, 0.1) is 5.92 Å². The SMILES string of the molecule is CCCCCCCCCCCC(C)C1=Cc2ccccc2[N]1. The van der Waals surface area contributed by atoms with Crippen LogP contribution in [0.15, 0.2) is 30.0 Å². The molecule has 0 amide bonds. The van der Waals surface area contributed by atoms with Gasteiger partial charge in [0, 0.05) is 11.3 Å². The zero-order valence-electron chi connectivity index (χ0n) is 14.5. The van der Waals surface area contributed by atoms with Crippen molar-refractivity contribution < 1.29 is 0 Å². The van der Waals surface area contributed by atoms with E-state index < -0.39 is 0 Å². The van der Waals surface area contributed by atoms with E-state index in [4.69, 9.17) is 5.32 Å².